The van der Waals surface area contributed by atoms with Crippen LogP contribution in [0.15, 0.2) is 18.2 Å². The average Bonchev–Trinajstić information content (AvgIpc) is 2.45. The second-order valence-electron chi connectivity index (χ2n) is 6.93. The molecule has 1 heterocycles. The van der Waals surface area contributed by atoms with Crippen LogP contribution in [-0.4, -0.2) is 31.3 Å². The van der Waals surface area contributed by atoms with E-state index < -0.39 is 0 Å². The summed E-state index contributed by atoms with van der Waals surface area (Å²) in [7, 11) is 3.98. The van der Waals surface area contributed by atoms with Crippen LogP contribution in [0.5, 0.6) is 0 Å². The average molecular weight is 297 g/mol. The number of nitrogens with zero attached hydrogens (tertiary/aromatic N) is 1. The predicted molar refractivity (Wildman–Crippen MR) is 87.0 cm³/mol. The summed E-state index contributed by atoms with van der Waals surface area (Å²) in [6, 6.07) is 6.37. The van der Waals surface area contributed by atoms with Crippen LogP contribution in [0.2, 0.25) is 5.02 Å². The fourth-order valence-corrected chi connectivity index (χ4v) is 3.30. The van der Waals surface area contributed by atoms with E-state index in [1.807, 2.05) is 31.1 Å². The van der Waals surface area contributed by atoms with Crippen molar-refractivity contribution in [3.05, 3.63) is 23.2 Å². The molecule has 1 unspecified atom stereocenters. The molecule has 20 heavy (non-hydrogen) atoms. The third-order valence-corrected chi connectivity index (χ3v) is 4.15. The van der Waals surface area contributed by atoms with E-state index >= 15 is 0 Å². The zero-order valence-corrected chi connectivity index (χ0v) is 14.0. The smallest absolute Gasteiger partial charge is 0.0834 e. The third-order valence-electron chi connectivity index (χ3n) is 3.84. The molecule has 112 valence electrons. The fourth-order valence-electron chi connectivity index (χ4n) is 2.95. The van der Waals surface area contributed by atoms with Gasteiger partial charge in [-0.05, 0) is 52.3 Å². The summed E-state index contributed by atoms with van der Waals surface area (Å²) in [6.45, 7) is 8.54. The monoisotopic (exact) mass is 296 g/mol. The maximum atomic E-state index is 6.32. The molecule has 1 aliphatic rings. The zero-order chi connectivity index (χ0) is 15.1. The van der Waals surface area contributed by atoms with E-state index in [2.05, 4.69) is 39.1 Å². The zero-order valence-electron chi connectivity index (χ0n) is 13.2. The molecule has 4 heteroatoms. The van der Waals surface area contributed by atoms with Gasteiger partial charge in [0.2, 0.25) is 0 Å². The fraction of sp³-hybridized carbons (Fsp3) is 0.625. The minimum atomic E-state index is -0.184. The minimum absolute atomic E-state index is 0.0888. The normalized spacial score (nSPS) is 23.6. The van der Waals surface area contributed by atoms with E-state index in [0.717, 1.165) is 22.8 Å². The molecule has 1 aromatic carbocycles. The molecule has 1 aliphatic heterocycles. The van der Waals surface area contributed by atoms with E-state index in [0.29, 0.717) is 0 Å². The summed E-state index contributed by atoms with van der Waals surface area (Å²) in [5.41, 5.74) is 1.80. The Morgan fingerprint density at radius 2 is 1.90 bits per heavy atom. The maximum absolute atomic E-state index is 6.32. The quantitative estimate of drug-likeness (QED) is 0.906. The van der Waals surface area contributed by atoms with Gasteiger partial charge in [0, 0.05) is 19.8 Å². The van der Waals surface area contributed by atoms with Crippen molar-refractivity contribution in [1.82, 2.24) is 0 Å². The van der Waals surface area contributed by atoms with E-state index in [9.17, 15) is 0 Å². The Morgan fingerprint density at radius 1 is 1.25 bits per heavy atom. The van der Waals surface area contributed by atoms with Gasteiger partial charge in [0.05, 0.1) is 28.0 Å². The molecule has 0 radical (unpaired) electrons. The number of rotatable bonds is 3. The van der Waals surface area contributed by atoms with Crippen LogP contribution in [0.3, 0.4) is 0 Å². The first-order valence-corrected chi connectivity index (χ1v) is 7.42. The van der Waals surface area contributed by atoms with Gasteiger partial charge < -0.3 is 15.0 Å². The van der Waals surface area contributed by atoms with Gasteiger partial charge in [0.1, 0.15) is 0 Å². The lowest BCUT2D eigenvalue weighted by molar-refractivity contribution is -0.0662. The van der Waals surface area contributed by atoms with Crippen molar-refractivity contribution in [2.45, 2.75) is 51.4 Å². The first-order valence-electron chi connectivity index (χ1n) is 7.04. The first-order chi connectivity index (χ1) is 9.11. The highest BCUT2D eigenvalue weighted by molar-refractivity contribution is 6.33. The van der Waals surface area contributed by atoms with Gasteiger partial charge in [-0.2, -0.15) is 0 Å². The Balaban J connectivity index is 2.17. The van der Waals surface area contributed by atoms with Crippen LogP contribution in [-0.2, 0) is 4.74 Å². The third kappa shape index (κ3) is 3.21. The van der Waals surface area contributed by atoms with Gasteiger partial charge in [-0.3, -0.25) is 0 Å². The van der Waals surface area contributed by atoms with Crippen LogP contribution >= 0.6 is 11.6 Å². The van der Waals surface area contributed by atoms with Crippen molar-refractivity contribution >= 4 is 23.0 Å². The van der Waals surface area contributed by atoms with Gasteiger partial charge in [-0.1, -0.05) is 11.6 Å². The number of halogens is 1. The van der Waals surface area contributed by atoms with Crippen molar-refractivity contribution in [2.24, 2.45) is 0 Å². The molecule has 0 bridgehead atoms. The van der Waals surface area contributed by atoms with E-state index in [1.54, 1.807) is 0 Å². The van der Waals surface area contributed by atoms with Crippen molar-refractivity contribution in [3.63, 3.8) is 0 Å². The lowest BCUT2D eigenvalue weighted by Crippen LogP contribution is -2.38. The van der Waals surface area contributed by atoms with Crippen LogP contribution in [0.1, 0.15) is 34.1 Å². The SMILES string of the molecule is CN(C)c1ccc(NC2CC(C)(C)OC2(C)C)cc1Cl. The molecule has 0 amide bonds. The summed E-state index contributed by atoms with van der Waals surface area (Å²) < 4.78 is 6.11. The second kappa shape index (κ2) is 5.12. The number of anilines is 2. The minimum Gasteiger partial charge on any atom is -0.379 e. The highest BCUT2D eigenvalue weighted by Gasteiger charge is 2.45. The molecule has 0 spiro atoms. The Bertz CT molecular complexity index is 497. The number of hydrogen-bond donors (Lipinski definition) is 1. The number of ether oxygens (including phenoxy) is 1. The van der Waals surface area contributed by atoms with Gasteiger partial charge >= 0.3 is 0 Å². The molecule has 0 aromatic heterocycles. The number of hydrogen-bond acceptors (Lipinski definition) is 3. The molecular weight excluding hydrogens is 272 g/mol. The Hall–Kier alpha value is -0.930. The van der Waals surface area contributed by atoms with E-state index in [4.69, 9.17) is 16.3 Å². The van der Waals surface area contributed by atoms with Crippen LogP contribution < -0.4 is 10.2 Å². The predicted octanol–water partition coefficient (Wildman–Crippen LogP) is 4.16. The van der Waals surface area contributed by atoms with E-state index in [1.165, 1.54) is 0 Å². The van der Waals surface area contributed by atoms with Crippen molar-refractivity contribution < 1.29 is 4.74 Å². The molecule has 1 N–H and O–H groups in total. The van der Waals surface area contributed by atoms with Crippen molar-refractivity contribution in [3.8, 4) is 0 Å². The van der Waals surface area contributed by atoms with Crippen LogP contribution in [0, 0.1) is 0 Å². The van der Waals surface area contributed by atoms with Crippen LogP contribution in [0.25, 0.3) is 0 Å². The van der Waals surface area contributed by atoms with Gasteiger partial charge in [-0.15, -0.1) is 0 Å². The summed E-state index contributed by atoms with van der Waals surface area (Å²) in [4.78, 5) is 2.01. The maximum Gasteiger partial charge on any atom is 0.0834 e. The number of nitrogens with one attached hydrogen (secondary N) is 1. The van der Waals surface area contributed by atoms with Gasteiger partial charge in [0.15, 0.2) is 0 Å². The molecule has 0 aliphatic carbocycles. The Kier molecular flexibility index (Phi) is 3.96. The van der Waals surface area contributed by atoms with Gasteiger partial charge in [0.25, 0.3) is 0 Å². The summed E-state index contributed by atoms with van der Waals surface area (Å²) >= 11 is 6.32. The van der Waals surface area contributed by atoms with Crippen molar-refractivity contribution in [2.75, 3.05) is 24.3 Å². The molecule has 3 nitrogen and oxygen atoms in total. The van der Waals surface area contributed by atoms with E-state index in [-0.39, 0.29) is 17.2 Å². The summed E-state index contributed by atoms with van der Waals surface area (Å²) in [6.07, 6.45) is 0.979. The molecular formula is C16H25ClN2O. The largest absolute Gasteiger partial charge is 0.379 e. The highest BCUT2D eigenvalue weighted by atomic mass is 35.5. The Labute approximate surface area is 127 Å². The molecule has 0 saturated carbocycles. The van der Waals surface area contributed by atoms with Crippen molar-refractivity contribution in [1.29, 1.82) is 0 Å². The van der Waals surface area contributed by atoms with Gasteiger partial charge in [-0.25, -0.2) is 0 Å². The lowest BCUT2D eigenvalue weighted by Gasteiger charge is -2.28. The molecule has 2 rings (SSSR count). The Morgan fingerprint density at radius 3 is 2.35 bits per heavy atom. The molecule has 1 fully saturated rings. The lowest BCUT2D eigenvalue weighted by atomic mass is 9.94. The first kappa shape index (κ1) is 15.5. The summed E-state index contributed by atoms with van der Waals surface area (Å²) in [5, 5.41) is 4.33. The molecule has 1 aromatic rings. The second-order valence-corrected chi connectivity index (χ2v) is 7.33. The summed E-state index contributed by atoms with van der Waals surface area (Å²) in [5.74, 6) is 0. The standard InChI is InChI=1S/C16H25ClN2O/c1-15(2)10-14(16(3,4)20-15)18-11-7-8-13(19(5)6)12(17)9-11/h7-9,14,18H,10H2,1-6H3. The highest BCUT2D eigenvalue weighted by Crippen LogP contribution is 2.39. The topological polar surface area (TPSA) is 24.5 Å². The van der Waals surface area contributed by atoms with Crippen LogP contribution in [0.4, 0.5) is 11.4 Å². The molecule has 1 saturated heterocycles. The molecule has 1 atom stereocenters. The number of benzene rings is 1.